The predicted octanol–water partition coefficient (Wildman–Crippen LogP) is 21.7. The Bertz CT molecular complexity index is 4280. The van der Waals surface area contributed by atoms with Gasteiger partial charge in [-0.2, -0.15) is 0 Å². The average Bonchev–Trinajstić information content (AvgIpc) is 2.39. The molecule has 0 bridgehead atoms. The van der Waals surface area contributed by atoms with Gasteiger partial charge < -0.3 is 4.90 Å². The molecule has 1 nitrogen and oxygen atoms in total. The van der Waals surface area contributed by atoms with E-state index in [-0.39, 0.29) is 21.7 Å². The normalized spacial score (nSPS) is 14.8. The molecule has 0 amide bonds. The zero-order valence-electron chi connectivity index (χ0n) is 49.1. The standard InChI is InChI=1S/C81H71N/c1-77(2,3)55-22-19-24-57(49-55)81(58-25-20-23-56(50-58)78(4,5)6)73-35-18-15-29-65(73)68-47-45-61(51-75(68)81)82(59-41-36-52(37-42-59)54-40-46-67-64-28-13-16-33-71(64)79(7,8)74(67)48-54)60-43-38-53(39-44-60)62-26-11-12-27-63(62)69-31-21-32-70-66-30-14-17-34-72(66)80(9,10)76(69)70/h11-51H,1-10H3. The van der Waals surface area contributed by atoms with Crippen LogP contribution in [0.2, 0.25) is 0 Å². The molecule has 0 N–H and O–H groups in total. The third kappa shape index (κ3) is 7.87. The number of benzene rings is 11. The molecule has 3 aliphatic rings. The van der Waals surface area contributed by atoms with Crippen molar-refractivity contribution in [3.63, 3.8) is 0 Å². The Hall–Kier alpha value is -8.78. The topological polar surface area (TPSA) is 3.24 Å². The Balaban J connectivity index is 0.944. The van der Waals surface area contributed by atoms with Crippen LogP contribution in [0.3, 0.4) is 0 Å². The van der Waals surface area contributed by atoms with Gasteiger partial charge in [-0.05, 0) is 176 Å². The second-order valence-corrected chi connectivity index (χ2v) is 26.5. The highest BCUT2D eigenvalue weighted by Crippen LogP contribution is 2.59. The molecule has 400 valence electrons. The maximum Gasteiger partial charge on any atom is 0.0714 e. The van der Waals surface area contributed by atoms with Crippen molar-refractivity contribution in [1.29, 1.82) is 0 Å². The summed E-state index contributed by atoms with van der Waals surface area (Å²) in [6, 6.07) is 94.9. The van der Waals surface area contributed by atoms with E-state index in [0.717, 1.165) is 17.1 Å². The Morgan fingerprint density at radius 2 is 0.671 bits per heavy atom. The summed E-state index contributed by atoms with van der Waals surface area (Å²) in [4.78, 5) is 2.48. The van der Waals surface area contributed by atoms with Crippen LogP contribution in [-0.4, -0.2) is 0 Å². The zero-order chi connectivity index (χ0) is 56.5. The van der Waals surface area contributed by atoms with E-state index < -0.39 is 5.41 Å². The van der Waals surface area contributed by atoms with Crippen LogP contribution in [0.4, 0.5) is 17.1 Å². The van der Waals surface area contributed by atoms with E-state index in [9.17, 15) is 0 Å². The number of rotatable bonds is 8. The van der Waals surface area contributed by atoms with Crippen LogP contribution in [0.1, 0.15) is 125 Å². The van der Waals surface area contributed by atoms with Crippen molar-refractivity contribution >= 4 is 17.1 Å². The first-order chi connectivity index (χ1) is 39.4. The molecule has 0 atom stereocenters. The van der Waals surface area contributed by atoms with E-state index in [1.165, 1.54) is 122 Å². The molecule has 0 saturated carbocycles. The Morgan fingerprint density at radius 3 is 1.26 bits per heavy atom. The fraction of sp³-hybridized carbons (Fsp3) is 0.185. The molecule has 11 aromatic carbocycles. The fourth-order valence-electron chi connectivity index (χ4n) is 14.6. The van der Waals surface area contributed by atoms with E-state index in [1.807, 2.05) is 0 Å². The molecule has 0 spiro atoms. The van der Waals surface area contributed by atoms with E-state index >= 15 is 0 Å². The van der Waals surface area contributed by atoms with Gasteiger partial charge in [0.15, 0.2) is 0 Å². The van der Waals surface area contributed by atoms with Crippen LogP contribution in [0, 0.1) is 0 Å². The Morgan fingerprint density at radius 1 is 0.268 bits per heavy atom. The first kappa shape index (κ1) is 51.4. The molecule has 0 aromatic heterocycles. The SMILES string of the molecule is CC(C)(C)c1cccc(C2(c3cccc(C(C)(C)C)c3)c3ccccc3-c3ccc(N(c4ccc(-c5ccc6c(c5)C(C)(C)c5ccccc5-6)cc4)c4ccc(-c5ccccc5-c5cccc6c5C(C)(C)c5ccccc5-6)cc4)cc32)c1. The van der Waals surface area contributed by atoms with E-state index in [4.69, 9.17) is 0 Å². The molecule has 3 aliphatic carbocycles. The fourth-order valence-corrected chi connectivity index (χ4v) is 14.6. The van der Waals surface area contributed by atoms with Crippen LogP contribution < -0.4 is 4.90 Å². The molecular weight excluding hydrogens is 987 g/mol. The molecule has 0 fully saturated rings. The Labute approximate surface area is 486 Å². The summed E-state index contributed by atoms with van der Waals surface area (Å²) in [7, 11) is 0. The van der Waals surface area contributed by atoms with Crippen LogP contribution in [-0.2, 0) is 27.1 Å². The van der Waals surface area contributed by atoms with Crippen molar-refractivity contribution in [2.24, 2.45) is 0 Å². The summed E-state index contributed by atoms with van der Waals surface area (Å²) < 4.78 is 0. The molecule has 82 heavy (non-hydrogen) atoms. The third-order valence-electron chi connectivity index (χ3n) is 18.9. The number of nitrogens with zero attached hydrogens (tertiary/aromatic N) is 1. The second kappa shape index (κ2) is 18.6. The number of hydrogen-bond donors (Lipinski definition) is 0. The van der Waals surface area contributed by atoms with Gasteiger partial charge in [-0.3, -0.25) is 0 Å². The van der Waals surface area contributed by atoms with Crippen molar-refractivity contribution in [3.8, 4) is 66.8 Å². The minimum atomic E-state index is -0.609. The van der Waals surface area contributed by atoms with Gasteiger partial charge in [0.1, 0.15) is 0 Å². The highest BCUT2D eigenvalue weighted by molar-refractivity contribution is 5.94. The molecule has 0 unspecified atom stereocenters. The van der Waals surface area contributed by atoms with Gasteiger partial charge in [0, 0.05) is 27.9 Å². The van der Waals surface area contributed by atoms with E-state index in [0.29, 0.717) is 0 Å². The van der Waals surface area contributed by atoms with Gasteiger partial charge in [0.05, 0.1) is 5.41 Å². The molecular formula is C81H71N. The number of anilines is 3. The first-order valence-corrected chi connectivity index (χ1v) is 29.5. The second-order valence-electron chi connectivity index (χ2n) is 26.5. The third-order valence-corrected chi connectivity index (χ3v) is 18.9. The van der Waals surface area contributed by atoms with Crippen molar-refractivity contribution in [2.45, 2.75) is 96.3 Å². The lowest BCUT2D eigenvalue weighted by Crippen LogP contribution is -2.30. The summed E-state index contributed by atoms with van der Waals surface area (Å²) in [5, 5.41) is 0. The highest BCUT2D eigenvalue weighted by atomic mass is 15.1. The molecule has 0 radical (unpaired) electrons. The summed E-state index contributed by atoms with van der Waals surface area (Å²) in [6.07, 6.45) is 0. The van der Waals surface area contributed by atoms with E-state index in [1.54, 1.807) is 0 Å². The van der Waals surface area contributed by atoms with Gasteiger partial charge >= 0.3 is 0 Å². The first-order valence-electron chi connectivity index (χ1n) is 29.5. The van der Waals surface area contributed by atoms with Crippen molar-refractivity contribution in [3.05, 3.63) is 304 Å². The van der Waals surface area contributed by atoms with Crippen LogP contribution >= 0.6 is 0 Å². The van der Waals surface area contributed by atoms with Gasteiger partial charge in [-0.1, -0.05) is 275 Å². The highest BCUT2D eigenvalue weighted by Gasteiger charge is 2.47. The van der Waals surface area contributed by atoms with Crippen LogP contribution in [0.5, 0.6) is 0 Å². The zero-order valence-corrected chi connectivity index (χ0v) is 49.1. The largest absolute Gasteiger partial charge is 0.310 e. The van der Waals surface area contributed by atoms with E-state index in [2.05, 4.69) is 323 Å². The molecule has 14 rings (SSSR count). The maximum absolute atomic E-state index is 2.52. The Kier molecular flexibility index (Phi) is 11.7. The van der Waals surface area contributed by atoms with Crippen LogP contribution in [0.15, 0.2) is 249 Å². The lowest BCUT2D eigenvalue weighted by atomic mass is 9.66. The van der Waals surface area contributed by atoms with Crippen LogP contribution in [0.25, 0.3) is 66.8 Å². The number of hydrogen-bond acceptors (Lipinski definition) is 1. The molecule has 0 aliphatic heterocycles. The predicted molar refractivity (Wildman–Crippen MR) is 347 cm³/mol. The van der Waals surface area contributed by atoms with Gasteiger partial charge in [-0.15, -0.1) is 0 Å². The molecule has 0 saturated heterocycles. The lowest BCUT2D eigenvalue weighted by Gasteiger charge is -2.36. The van der Waals surface area contributed by atoms with Crippen molar-refractivity contribution in [1.82, 2.24) is 0 Å². The summed E-state index contributed by atoms with van der Waals surface area (Å²) in [5.41, 5.74) is 31.0. The lowest BCUT2D eigenvalue weighted by molar-refractivity contribution is 0.585. The number of fused-ring (bicyclic) bond motifs is 9. The van der Waals surface area contributed by atoms with Gasteiger partial charge in [0.25, 0.3) is 0 Å². The molecule has 1 heteroatoms. The van der Waals surface area contributed by atoms with Crippen molar-refractivity contribution < 1.29 is 0 Å². The van der Waals surface area contributed by atoms with Crippen molar-refractivity contribution in [2.75, 3.05) is 4.90 Å². The minimum Gasteiger partial charge on any atom is -0.310 e. The minimum absolute atomic E-state index is 0.0481. The molecule has 11 aromatic rings. The van der Waals surface area contributed by atoms with Gasteiger partial charge in [-0.25, -0.2) is 0 Å². The average molecular weight is 1060 g/mol. The van der Waals surface area contributed by atoms with Gasteiger partial charge in [0.2, 0.25) is 0 Å². The summed E-state index contributed by atoms with van der Waals surface area (Å²) in [5.74, 6) is 0. The molecule has 0 heterocycles. The monoisotopic (exact) mass is 1060 g/mol. The summed E-state index contributed by atoms with van der Waals surface area (Å²) >= 11 is 0. The quantitative estimate of drug-likeness (QED) is 0.147. The summed E-state index contributed by atoms with van der Waals surface area (Å²) in [6.45, 7) is 23.5. The smallest absolute Gasteiger partial charge is 0.0714 e. The maximum atomic E-state index is 2.52.